The van der Waals surface area contributed by atoms with Crippen LogP contribution in [0, 0.1) is 6.92 Å². The van der Waals surface area contributed by atoms with E-state index in [0.29, 0.717) is 12.6 Å². The zero-order valence-corrected chi connectivity index (χ0v) is 18.6. The Labute approximate surface area is 185 Å². The molecule has 162 valence electrons. The number of aliphatic hydroxyl groups is 1. The number of aryl methyl sites for hydroxylation is 1. The van der Waals surface area contributed by atoms with Crippen molar-refractivity contribution in [2.45, 2.75) is 52.3 Å². The maximum absolute atomic E-state index is 9.74. The quantitative estimate of drug-likeness (QED) is 0.548. The number of aliphatic hydroxyl groups excluding tert-OH is 1. The first-order valence-corrected chi connectivity index (χ1v) is 11.3. The topological polar surface area (TPSA) is 45.6 Å². The van der Waals surface area contributed by atoms with Crippen molar-refractivity contribution in [3.05, 3.63) is 94.3 Å². The average molecular weight is 417 g/mol. The van der Waals surface area contributed by atoms with E-state index >= 15 is 0 Å². The number of benzene rings is 2. The van der Waals surface area contributed by atoms with E-state index in [1.807, 2.05) is 13.0 Å². The molecule has 4 heteroatoms. The molecule has 1 atom stereocenters. The first kappa shape index (κ1) is 21.5. The van der Waals surface area contributed by atoms with E-state index in [-0.39, 0.29) is 6.61 Å². The second-order valence-corrected chi connectivity index (χ2v) is 8.37. The van der Waals surface area contributed by atoms with E-state index in [1.165, 1.54) is 28.8 Å². The highest BCUT2D eigenvalue weighted by Gasteiger charge is 2.27. The lowest BCUT2D eigenvalue weighted by Crippen LogP contribution is -2.24. The molecule has 4 nitrogen and oxygen atoms in total. The molecule has 1 aliphatic heterocycles. The SMILES string of the molecule is CCOc1ccc(CN2CCC[C@@H]2c2cc(Cc3ccccc3)cc(C)n2)cc1CO. The van der Waals surface area contributed by atoms with Crippen LogP contribution < -0.4 is 4.74 Å². The summed E-state index contributed by atoms with van der Waals surface area (Å²) < 4.78 is 5.63. The molecule has 0 radical (unpaired) electrons. The van der Waals surface area contributed by atoms with Gasteiger partial charge >= 0.3 is 0 Å². The lowest BCUT2D eigenvalue weighted by molar-refractivity contribution is 0.242. The Morgan fingerprint density at radius 1 is 1.03 bits per heavy atom. The highest BCUT2D eigenvalue weighted by molar-refractivity contribution is 5.37. The molecule has 0 bridgehead atoms. The Kier molecular flexibility index (Phi) is 7.00. The molecule has 0 amide bonds. The lowest BCUT2D eigenvalue weighted by atomic mass is 10.0. The van der Waals surface area contributed by atoms with Crippen molar-refractivity contribution in [1.29, 1.82) is 0 Å². The summed E-state index contributed by atoms with van der Waals surface area (Å²) in [5.41, 5.74) is 6.97. The van der Waals surface area contributed by atoms with Crippen molar-refractivity contribution < 1.29 is 9.84 Å². The Balaban J connectivity index is 1.53. The Bertz CT molecular complexity index is 1000. The van der Waals surface area contributed by atoms with Crippen molar-refractivity contribution in [3.63, 3.8) is 0 Å². The summed E-state index contributed by atoms with van der Waals surface area (Å²) in [5.74, 6) is 0.776. The summed E-state index contributed by atoms with van der Waals surface area (Å²) in [6.07, 6.45) is 3.24. The van der Waals surface area contributed by atoms with Crippen molar-refractivity contribution in [3.8, 4) is 5.75 Å². The van der Waals surface area contributed by atoms with Crippen LogP contribution in [0.1, 0.15) is 59.4 Å². The highest BCUT2D eigenvalue weighted by Crippen LogP contribution is 2.33. The van der Waals surface area contributed by atoms with Gasteiger partial charge < -0.3 is 9.84 Å². The van der Waals surface area contributed by atoms with Crippen LogP contribution in [0.25, 0.3) is 0 Å². The number of aromatic nitrogens is 1. The Morgan fingerprint density at radius 2 is 1.87 bits per heavy atom. The molecule has 0 saturated carbocycles. The first-order valence-electron chi connectivity index (χ1n) is 11.3. The third kappa shape index (κ3) is 5.33. The van der Waals surface area contributed by atoms with Gasteiger partial charge in [-0.05, 0) is 80.6 Å². The number of ether oxygens (including phenoxy) is 1. The minimum atomic E-state index is -0.00508. The maximum atomic E-state index is 9.74. The van der Waals surface area contributed by atoms with Crippen LogP contribution in [0.3, 0.4) is 0 Å². The van der Waals surface area contributed by atoms with Crippen LogP contribution in [0.4, 0.5) is 0 Å². The van der Waals surface area contributed by atoms with E-state index in [0.717, 1.165) is 42.9 Å². The summed E-state index contributed by atoms with van der Waals surface area (Å²) in [5, 5.41) is 9.74. The highest BCUT2D eigenvalue weighted by atomic mass is 16.5. The molecule has 2 heterocycles. The lowest BCUT2D eigenvalue weighted by Gasteiger charge is -2.25. The second-order valence-electron chi connectivity index (χ2n) is 8.37. The second kappa shape index (κ2) is 10.1. The molecule has 1 aliphatic rings. The fourth-order valence-electron chi connectivity index (χ4n) is 4.61. The van der Waals surface area contributed by atoms with Gasteiger partial charge in [-0.3, -0.25) is 9.88 Å². The third-order valence-electron chi connectivity index (χ3n) is 5.97. The van der Waals surface area contributed by atoms with Gasteiger partial charge in [0.25, 0.3) is 0 Å². The molecule has 0 spiro atoms. The van der Waals surface area contributed by atoms with Crippen LogP contribution in [-0.2, 0) is 19.6 Å². The zero-order valence-electron chi connectivity index (χ0n) is 18.6. The first-order chi connectivity index (χ1) is 15.2. The predicted molar refractivity (Wildman–Crippen MR) is 124 cm³/mol. The van der Waals surface area contributed by atoms with Gasteiger partial charge in [0.2, 0.25) is 0 Å². The number of hydrogen-bond donors (Lipinski definition) is 1. The maximum Gasteiger partial charge on any atom is 0.124 e. The molecule has 1 fully saturated rings. The van der Waals surface area contributed by atoms with E-state index in [1.54, 1.807) is 0 Å². The molecular weight excluding hydrogens is 384 g/mol. The van der Waals surface area contributed by atoms with Gasteiger partial charge in [0, 0.05) is 17.8 Å². The van der Waals surface area contributed by atoms with Crippen molar-refractivity contribution in [2.24, 2.45) is 0 Å². The van der Waals surface area contributed by atoms with Gasteiger partial charge in [0.1, 0.15) is 5.75 Å². The summed E-state index contributed by atoms with van der Waals surface area (Å²) in [6, 6.07) is 21.6. The van der Waals surface area contributed by atoms with Gasteiger partial charge in [-0.25, -0.2) is 0 Å². The summed E-state index contributed by atoms with van der Waals surface area (Å²) in [6.45, 7) is 6.57. The van der Waals surface area contributed by atoms with Crippen LogP contribution in [0.5, 0.6) is 5.75 Å². The number of likely N-dealkylation sites (tertiary alicyclic amines) is 1. The Hall–Kier alpha value is -2.69. The molecule has 31 heavy (non-hydrogen) atoms. The number of pyridine rings is 1. The van der Waals surface area contributed by atoms with Gasteiger partial charge in [-0.15, -0.1) is 0 Å². The summed E-state index contributed by atoms with van der Waals surface area (Å²) >= 11 is 0. The largest absolute Gasteiger partial charge is 0.494 e. The van der Waals surface area contributed by atoms with Gasteiger partial charge in [0.15, 0.2) is 0 Å². The molecular formula is C27H32N2O2. The normalized spacial score (nSPS) is 16.5. The van der Waals surface area contributed by atoms with Gasteiger partial charge in [-0.1, -0.05) is 36.4 Å². The molecule has 2 aromatic carbocycles. The standard InChI is InChI=1S/C27H32N2O2/c1-3-31-27-12-11-22(16-24(27)19-30)18-29-13-7-10-26(29)25-17-23(14-20(2)28-25)15-21-8-5-4-6-9-21/h4-6,8-9,11-12,14,16-17,26,30H,3,7,10,13,15,18-19H2,1-2H3/t26-/m1/s1. The monoisotopic (exact) mass is 416 g/mol. The van der Waals surface area contributed by atoms with E-state index in [2.05, 4.69) is 66.4 Å². The van der Waals surface area contributed by atoms with Crippen molar-refractivity contribution in [2.75, 3.05) is 13.2 Å². The predicted octanol–water partition coefficient (Wildman–Crippen LogP) is 5.21. The van der Waals surface area contributed by atoms with Crippen LogP contribution in [0.15, 0.2) is 60.7 Å². The molecule has 4 rings (SSSR count). The molecule has 1 saturated heterocycles. The van der Waals surface area contributed by atoms with Crippen molar-refractivity contribution >= 4 is 0 Å². The van der Waals surface area contributed by atoms with E-state index in [9.17, 15) is 5.11 Å². The molecule has 3 aromatic rings. The fraction of sp³-hybridized carbons (Fsp3) is 0.370. The summed E-state index contributed by atoms with van der Waals surface area (Å²) in [4.78, 5) is 7.44. The van der Waals surface area contributed by atoms with E-state index < -0.39 is 0 Å². The van der Waals surface area contributed by atoms with Crippen LogP contribution in [0.2, 0.25) is 0 Å². The minimum Gasteiger partial charge on any atom is -0.494 e. The van der Waals surface area contributed by atoms with Gasteiger partial charge in [-0.2, -0.15) is 0 Å². The third-order valence-corrected chi connectivity index (χ3v) is 5.97. The average Bonchev–Trinajstić information content (AvgIpc) is 3.23. The Morgan fingerprint density at radius 3 is 2.65 bits per heavy atom. The molecule has 0 aliphatic carbocycles. The van der Waals surface area contributed by atoms with Crippen LogP contribution >= 0.6 is 0 Å². The van der Waals surface area contributed by atoms with Gasteiger partial charge in [0.05, 0.1) is 24.9 Å². The fourth-order valence-corrected chi connectivity index (χ4v) is 4.61. The molecule has 0 unspecified atom stereocenters. The summed E-state index contributed by atoms with van der Waals surface area (Å²) in [7, 11) is 0. The smallest absolute Gasteiger partial charge is 0.124 e. The number of hydrogen-bond acceptors (Lipinski definition) is 4. The molecule has 1 N–H and O–H groups in total. The van der Waals surface area contributed by atoms with Crippen LogP contribution in [-0.4, -0.2) is 28.1 Å². The zero-order chi connectivity index (χ0) is 21.6. The number of nitrogens with zero attached hydrogens (tertiary/aromatic N) is 2. The van der Waals surface area contributed by atoms with Crippen molar-refractivity contribution in [1.82, 2.24) is 9.88 Å². The minimum absolute atomic E-state index is 0.00508. The molecule has 1 aromatic heterocycles. The number of rotatable bonds is 8. The van der Waals surface area contributed by atoms with E-state index in [4.69, 9.17) is 9.72 Å².